The molecule has 1 aromatic carbocycles. The Labute approximate surface area is 129 Å². The van der Waals surface area contributed by atoms with Crippen molar-refractivity contribution in [2.45, 2.75) is 51.8 Å². The third kappa shape index (κ3) is 4.80. The standard InChI is InChI=1S/C18H30N2O/c1-14(2)9-10-20(17-7-8-17)18(12-19)16-6-4-5-15(11-16)13-21-3/h4-6,11,14,17-18H,7-10,12-13,19H2,1-3H3. The van der Waals surface area contributed by atoms with Crippen LogP contribution in [0.5, 0.6) is 0 Å². The Hall–Kier alpha value is -0.900. The lowest BCUT2D eigenvalue weighted by atomic mass is 10.0. The molecule has 1 aliphatic carbocycles. The van der Waals surface area contributed by atoms with Gasteiger partial charge in [-0.3, -0.25) is 4.90 Å². The molecule has 1 fully saturated rings. The van der Waals surface area contributed by atoms with Crippen LogP contribution in [0.15, 0.2) is 24.3 Å². The van der Waals surface area contributed by atoms with Crippen LogP contribution in [0.4, 0.5) is 0 Å². The zero-order valence-electron chi connectivity index (χ0n) is 13.7. The van der Waals surface area contributed by atoms with Crippen molar-refractivity contribution in [3.8, 4) is 0 Å². The van der Waals surface area contributed by atoms with E-state index in [1.165, 1.54) is 30.4 Å². The molecule has 0 aromatic heterocycles. The van der Waals surface area contributed by atoms with E-state index in [0.29, 0.717) is 19.2 Å². The van der Waals surface area contributed by atoms with Crippen LogP contribution >= 0.6 is 0 Å². The van der Waals surface area contributed by atoms with E-state index in [1.54, 1.807) is 7.11 Å². The predicted molar refractivity (Wildman–Crippen MR) is 88.1 cm³/mol. The minimum Gasteiger partial charge on any atom is -0.380 e. The average molecular weight is 290 g/mol. The molecule has 0 bridgehead atoms. The van der Waals surface area contributed by atoms with Crippen LogP contribution in [0.25, 0.3) is 0 Å². The van der Waals surface area contributed by atoms with E-state index >= 15 is 0 Å². The van der Waals surface area contributed by atoms with Gasteiger partial charge >= 0.3 is 0 Å². The molecule has 2 N–H and O–H groups in total. The monoisotopic (exact) mass is 290 g/mol. The average Bonchev–Trinajstić information content (AvgIpc) is 3.28. The summed E-state index contributed by atoms with van der Waals surface area (Å²) in [5, 5.41) is 0. The molecule has 1 aliphatic rings. The number of nitrogens with zero attached hydrogens (tertiary/aromatic N) is 1. The number of rotatable bonds is 9. The van der Waals surface area contributed by atoms with Gasteiger partial charge in [-0.15, -0.1) is 0 Å². The molecular weight excluding hydrogens is 260 g/mol. The number of hydrogen-bond donors (Lipinski definition) is 1. The van der Waals surface area contributed by atoms with Crippen molar-refractivity contribution in [1.82, 2.24) is 4.90 Å². The highest BCUT2D eigenvalue weighted by atomic mass is 16.5. The third-order valence-corrected chi connectivity index (χ3v) is 4.25. The van der Waals surface area contributed by atoms with E-state index in [1.807, 2.05) is 0 Å². The van der Waals surface area contributed by atoms with Gasteiger partial charge in [-0.25, -0.2) is 0 Å². The molecule has 2 rings (SSSR count). The molecule has 0 spiro atoms. The van der Waals surface area contributed by atoms with Crippen molar-refractivity contribution in [2.24, 2.45) is 11.7 Å². The van der Waals surface area contributed by atoms with Crippen LogP contribution < -0.4 is 5.73 Å². The fourth-order valence-electron chi connectivity index (χ4n) is 2.93. The van der Waals surface area contributed by atoms with Crippen molar-refractivity contribution in [2.75, 3.05) is 20.2 Å². The minimum atomic E-state index is 0.341. The molecule has 118 valence electrons. The first-order valence-corrected chi connectivity index (χ1v) is 8.19. The van der Waals surface area contributed by atoms with Crippen molar-refractivity contribution < 1.29 is 4.74 Å². The van der Waals surface area contributed by atoms with E-state index in [9.17, 15) is 0 Å². The predicted octanol–water partition coefficient (Wildman–Crippen LogP) is 3.34. The summed E-state index contributed by atoms with van der Waals surface area (Å²) in [7, 11) is 1.74. The highest BCUT2D eigenvalue weighted by Crippen LogP contribution is 2.34. The van der Waals surface area contributed by atoms with Crippen LogP contribution in [-0.2, 0) is 11.3 Å². The van der Waals surface area contributed by atoms with Crippen molar-refractivity contribution >= 4 is 0 Å². The second kappa shape index (κ2) is 7.92. The zero-order valence-corrected chi connectivity index (χ0v) is 13.7. The van der Waals surface area contributed by atoms with Crippen molar-refractivity contribution in [1.29, 1.82) is 0 Å². The summed E-state index contributed by atoms with van der Waals surface area (Å²) in [5.74, 6) is 0.740. The molecule has 3 heteroatoms. The Balaban J connectivity index is 2.13. The lowest BCUT2D eigenvalue weighted by molar-refractivity contribution is 0.177. The molecule has 0 aliphatic heterocycles. The summed E-state index contributed by atoms with van der Waals surface area (Å²) in [6.45, 7) is 7.09. The summed E-state index contributed by atoms with van der Waals surface area (Å²) in [6.07, 6.45) is 3.89. The molecule has 0 radical (unpaired) electrons. The number of ether oxygens (including phenoxy) is 1. The van der Waals surface area contributed by atoms with Crippen molar-refractivity contribution in [3.05, 3.63) is 35.4 Å². The van der Waals surface area contributed by atoms with Gasteiger partial charge in [0.15, 0.2) is 0 Å². The van der Waals surface area contributed by atoms with E-state index < -0.39 is 0 Å². The maximum Gasteiger partial charge on any atom is 0.0713 e. The molecule has 1 saturated carbocycles. The van der Waals surface area contributed by atoms with E-state index in [0.717, 1.165) is 18.5 Å². The first-order valence-electron chi connectivity index (χ1n) is 8.19. The van der Waals surface area contributed by atoms with Crippen molar-refractivity contribution in [3.63, 3.8) is 0 Å². The van der Waals surface area contributed by atoms with Gasteiger partial charge in [-0.2, -0.15) is 0 Å². The maximum atomic E-state index is 6.13. The summed E-state index contributed by atoms with van der Waals surface area (Å²) in [5.41, 5.74) is 8.69. The SMILES string of the molecule is COCc1cccc(C(CN)N(CCC(C)C)C2CC2)c1. The first kappa shape index (κ1) is 16.5. The van der Waals surface area contributed by atoms with Gasteiger partial charge in [0, 0.05) is 25.7 Å². The Kier molecular flexibility index (Phi) is 6.22. The second-order valence-electron chi connectivity index (χ2n) is 6.58. The molecule has 1 atom stereocenters. The second-order valence-corrected chi connectivity index (χ2v) is 6.58. The Morgan fingerprint density at radius 2 is 2.10 bits per heavy atom. The summed E-state index contributed by atoms with van der Waals surface area (Å²) in [4.78, 5) is 2.63. The molecular formula is C18H30N2O. The van der Waals surface area contributed by atoms with E-state index in [4.69, 9.17) is 10.5 Å². The van der Waals surface area contributed by atoms with Crippen LogP contribution in [0, 0.1) is 5.92 Å². The third-order valence-electron chi connectivity index (χ3n) is 4.25. The van der Waals surface area contributed by atoms with Crippen LogP contribution in [0.3, 0.4) is 0 Å². The fourth-order valence-corrected chi connectivity index (χ4v) is 2.93. The van der Waals surface area contributed by atoms with Gasteiger partial charge in [0.05, 0.1) is 6.61 Å². The van der Waals surface area contributed by atoms with Gasteiger partial charge in [0.25, 0.3) is 0 Å². The number of benzene rings is 1. The highest BCUT2D eigenvalue weighted by molar-refractivity contribution is 5.26. The van der Waals surface area contributed by atoms with Crippen LogP contribution in [0.2, 0.25) is 0 Å². The summed E-state index contributed by atoms with van der Waals surface area (Å²) < 4.78 is 5.25. The molecule has 3 nitrogen and oxygen atoms in total. The lowest BCUT2D eigenvalue weighted by Crippen LogP contribution is -2.36. The summed E-state index contributed by atoms with van der Waals surface area (Å²) >= 11 is 0. The Bertz CT molecular complexity index is 429. The zero-order chi connectivity index (χ0) is 15.2. The highest BCUT2D eigenvalue weighted by Gasteiger charge is 2.33. The molecule has 1 unspecified atom stereocenters. The fraction of sp³-hybridized carbons (Fsp3) is 0.667. The lowest BCUT2D eigenvalue weighted by Gasteiger charge is -2.32. The quantitative estimate of drug-likeness (QED) is 0.758. The van der Waals surface area contributed by atoms with Gasteiger partial charge < -0.3 is 10.5 Å². The maximum absolute atomic E-state index is 6.13. The van der Waals surface area contributed by atoms with Gasteiger partial charge in [0.1, 0.15) is 0 Å². The first-order chi connectivity index (χ1) is 10.2. The largest absolute Gasteiger partial charge is 0.380 e. The minimum absolute atomic E-state index is 0.341. The van der Waals surface area contributed by atoms with Crippen LogP contribution in [-0.4, -0.2) is 31.1 Å². The molecule has 0 amide bonds. The molecule has 0 heterocycles. The van der Waals surface area contributed by atoms with E-state index in [-0.39, 0.29) is 0 Å². The topological polar surface area (TPSA) is 38.5 Å². The number of methoxy groups -OCH3 is 1. The Morgan fingerprint density at radius 3 is 2.67 bits per heavy atom. The molecule has 1 aromatic rings. The number of hydrogen-bond acceptors (Lipinski definition) is 3. The normalized spacial score (nSPS) is 16.7. The molecule has 0 saturated heterocycles. The van der Waals surface area contributed by atoms with E-state index in [2.05, 4.69) is 43.0 Å². The van der Waals surface area contributed by atoms with Gasteiger partial charge in [0.2, 0.25) is 0 Å². The summed E-state index contributed by atoms with van der Waals surface area (Å²) in [6, 6.07) is 9.79. The Morgan fingerprint density at radius 1 is 1.33 bits per heavy atom. The molecule has 21 heavy (non-hydrogen) atoms. The smallest absolute Gasteiger partial charge is 0.0713 e. The van der Waals surface area contributed by atoms with Crippen LogP contribution in [0.1, 0.15) is 50.3 Å². The van der Waals surface area contributed by atoms with Gasteiger partial charge in [-0.05, 0) is 42.9 Å². The number of nitrogens with two attached hydrogens (primary N) is 1. The van der Waals surface area contributed by atoms with Gasteiger partial charge in [-0.1, -0.05) is 38.1 Å².